The highest BCUT2D eigenvalue weighted by molar-refractivity contribution is 5.71. The Labute approximate surface area is 440 Å². The monoisotopic (exact) mass is 993 g/mol. The van der Waals surface area contributed by atoms with E-state index in [-0.39, 0.29) is 31.1 Å². The van der Waals surface area contributed by atoms with Crippen LogP contribution in [-0.4, -0.2) is 37.2 Å². The Morgan fingerprint density at radius 2 is 0.549 bits per heavy atom. The quantitative estimate of drug-likeness (QED) is 0.0261. The number of esters is 3. The summed E-state index contributed by atoms with van der Waals surface area (Å²) in [5.74, 6) is -0.874. The van der Waals surface area contributed by atoms with Crippen LogP contribution in [0.25, 0.3) is 0 Å². The maximum atomic E-state index is 12.9. The van der Waals surface area contributed by atoms with Crippen molar-refractivity contribution in [3.8, 4) is 0 Å². The van der Waals surface area contributed by atoms with E-state index in [1.54, 1.807) is 0 Å². The molecule has 0 bridgehead atoms. The summed E-state index contributed by atoms with van der Waals surface area (Å²) in [4.78, 5) is 38.1. The van der Waals surface area contributed by atoms with Crippen LogP contribution >= 0.6 is 0 Å². The summed E-state index contributed by atoms with van der Waals surface area (Å²) in [6.07, 6.45) is 75.2. The molecule has 412 valence electrons. The zero-order valence-electron chi connectivity index (χ0n) is 47.2. The first-order valence-corrected chi connectivity index (χ1v) is 30.8. The number of carbonyl (C=O) groups excluding carboxylic acids is 3. The maximum absolute atomic E-state index is 12.9. The van der Waals surface area contributed by atoms with Crippen LogP contribution in [0.2, 0.25) is 0 Å². The molecular weight excluding hydrogens is 877 g/mol. The smallest absolute Gasteiger partial charge is 0.306 e. The highest BCUT2D eigenvalue weighted by atomic mass is 16.6. The van der Waals surface area contributed by atoms with Gasteiger partial charge in [-0.15, -0.1) is 0 Å². The van der Waals surface area contributed by atoms with E-state index in [2.05, 4.69) is 81.5 Å². The van der Waals surface area contributed by atoms with Crippen molar-refractivity contribution in [2.75, 3.05) is 13.2 Å². The minimum atomic E-state index is -0.775. The van der Waals surface area contributed by atoms with Crippen molar-refractivity contribution in [1.29, 1.82) is 0 Å². The van der Waals surface area contributed by atoms with Crippen LogP contribution in [-0.2, 0) is 28.6 Å². The molecular formula is C65H116O6. The first-order chi connectivity index (χ1) is 35.0. The van der Waals surface area contributed by atoms with Crippen LogP contribution in [0.15, 0.2) is 60.8 Å². The second-order valence-corrected chi connectivity index (χ2v) is 20.6. The second-order valence-electron chi connectivity index (χ2n) is 20.6. The van der Waals surface area contributed by atoms with Crippen LogP contribution in [0.4, 0.5) is 0 Å². The van der Waals surface area contributed by atoms with Crippen molar-refractivity contribution < 1.29 is 28.6 Å². The lowest BCUT2D eigenvalue weighted by Gasteiger charge is -2.18. The zero-order chi connectivity index (χ0) is 51.4. The van der Waals surface area contributed by atoms with Gasteiger partial charge in [0.2, 0.25) is 0 Å². The van der Waals surface area contributed by atoms with Crippen LogP contribution in [0.5, 0.6) is 0 Å². The molecule has 0 saturated carbocycles. The van der Waals surface area contributed by atoms with Crippen LogP contribution < -0.4 is 0 Å². The topological polar surface area (TPSA) is 78.9 Å². The fourth-order valence-electron chi connectivity index (χ4n) is 8.94. The Bertz CT molecular complexity index is 1280. The molecule has 0 aromatic rings. The Hall–Kier alpha value is -2.89. The first kappa shape index (κ1) is 68.1. The largest absolute Gasteiger partial charge is 0.462 e. The maximum Gasteiger partial charge on any atom is 0.306 e. The molecule has 0 radical (unpaired) electrons. The lowest BCUT2D eigenvalue weighted by Crippen LogP contribution is -2.30. The molecule has 1 atom stereocenters. The predicted molar refractivity (Wildman–Crippen MR) is 307 cm³/mol. The molecule has 71 heavy (non-hydrogen) atoms. The molecule has 0 aliphatic rings. The number of rotatable bonds is 56. The molecule has 0 aliphatic heterocycles. The van der Waals surface area contributed by atoms with Crippen LogP contribution in [0.3, 0.4) is 0 Å². The van der Waals surface area contributed by atoms with Gasteiger partial charge in [0.1, 0.15) is 13.2 Å². The Balaban J connectivity index is 4.20. The van der Waals surface area contributed by atoms with Gasteiger partial charge in [-0.2, -0.15) is 0 Å². The molecule has 6 heteroatoms. The first-order valence-electron chi connectivity index (χ1n) is 30.8. The summed E-state index contributed by atoms with van der Waals surface area (Å²) in [5, 5.41) is 0. The van der Waals surface area contributed by atoms with E-state index in [1.807, 2.05) is 0 Å². The lowest BCUT2D eigenvalue weighted by molar-refractivity contribution is -0.167. The van der Waals surface area contributed by atoms with Gasteiger partial charge in [0, 0.05) is 19.3 Å². The minimum Gasteiger partial charge on any atom is -0.462 e. The van der Waals surface area contributed by atoms with Crippen molar-refractivity contribution >= 4 is 17.9 Å². The highest BCUT2D eigenvalue weighted by Gasteiger charge is 2.19. The zero-order valence-corrected chi connectivity index (χ0v) is 47.2. The van der Waals surface area contributed by atoms with Gasteiger partial charge in [0.05, 0.1) is 0 Å². The standard InChI is InChI=1S/C65H116O6/c1-4-7-10-13-16-19-21-23-25-27-29-31-33-35-36-38-40-42-44-46-49-52-55-58-64(67)70-61-62(60-69-63(66)57-54-51-48-18-15-12-9-6-3)71-65(68)59-56-53-50-47-45-43-41-39-37-34-32-30-28-26-24-22-20-17-14-11-8-5-2/h7,10,16,19,23,25,29,31,35-36,62H,4-6,8-9,11-15,17-18,20-22,24,26-28,30,32-34,37-61H2,1-3H3/b10-7-,19-16-,25-23-,31-29-,36-35-. The molecule has 0 aromatic heterocycles. The van der Waals surface area contributed by atoms with Gasteiger partial charge in [-0.1, -0.05) is 293 Å². The number of hydrogen-bond acceptors (Lipinski definition) is 6. The summed E-state index contributed by atoms with van der Waals surface area (Å²) < 4.78 is 16.8. The minimum absolute atomic E-state index is 0.0741. The van der Waals surface area contributed by atoms with E-state index in [0.29, 0.717) is 19.3 Å². The van der Waals surface area contributed by atoms with E-state index in [4.69, 9.17) is 14.2 Å². The Morgan fingerprint density at radius 1 is 0.296 bits per heavy atom. The van der Waals surface area contributed by atoms with Crippen molar-refractivity contribution in [2.45, 2.75) is 322 Å². The van der Waals surface area contributed by atoms with E-state index in [1.165, 1.54) is 180 Å². The molecule has 0 rings (SSSR count). The molecule has 0 heterocycles. The summed E-state index contributed by atoms with van der Waals surface area (Å²) in [5.41, 5.74) is 0. The van der Waals surface area contributed by atoms with E-state index >= 15 is 0 Å². The number of ether oxygens (including phenoxy) is 3. The van der Waals surface area contributed by atoms with E-state index in [0.717, 1.165) is 96.3 Å². The van der Waals surface area contributed by atoms with Crippen molar-refractivity contribution in [1.82, 2.24) is 0 Å². The molecule has 0 aromatic carbocycles. The number of allylic oxidation sites excluding steroid dienone is 10. The molecule has 0 N–H and O–H groups in total. The van der Waals surface area contributed by atoms with Gasteiger partial charge in [-0.05, 0) is 64.2 Å². The number of hydrogen-bond donors (Lipinski definition) is 0. The third kappa shape index (κ3) is 57.9. The Morgan fingerprint density at radius 3 is 0.859 bits per heavy atom. The fourth-order valence-corrected chi connectivity index (χ4v) is 8.94. The summed E-state index contributed by atoms with van der Waals surface area (Å²) in [7, 11) is 0. The molecule has 1 unspecified atom stereocenters. The lowest BCUT2D eigenvalue weighted by atomic mass is 10.0. The Kier molecular flexibility index (Phi) is 57.2. The van der Waals surface area contributed by atoms with Crippen LogP contribution in [0.1, 0.15) is 316 Å². The highest BCUT2D eigenvalue weighted by Crippen LogP contribution is 2.17. The second kappa shape index (κ2) is 59.7. The summed E-state index contributed by atoms with van der Waals surface area (Å²) >= 11 is 0. The van der Waals surface area contributed by atoms with Gasteiger partial charge in [-0.3, -0.25) is 14.4 Å². The fraction of sp³-hybridized carbons (Fsp3) is 0.800. The van der Waals surface area contributed by atoms with Gasteiger partial charge in [-0.25, -0.2) is 0 Å². The van der Waals surface area contributed by atoms with Gasteiger partial charge in [0.15, 0.2) is 6.10 Å². The average Bonchev–Trinajstić information content (AvgIpc) is 3.37. The van der Waals surface area contributed by atoms with Crippen molar-refractivity contribution in [3.63, 3.8) is 0 Å². The molecule has 0 spiro atoms. The van der Waals surface area contributed by atoms with Gasteiger partial charge < -0.3 is 14.2 Å². The molecule has 0 aliphatic carbocycles. The van der Waals surface area contributed by atoms with Crippen molar-refractivity contribution in [2.24, 2.45) is 0 Å². The average molecular weight is 994 g/mol. The molecule has 0 amide bonds. The predicted octanol–water partition coefficient (Wildman–Crippen LogP) is 20.8. The third-order valence-corrected chi connectivity index (χ3v) is 13.5. The van der Waals surface area contributed by atoms with Crippen LogP contribution in [0, 0.1) is 0 Å². The number of unbranched alkanes of at least 4 members (excludes halogenated alkanes) is 35. The van der Waals surface area contributed by atoms with Crippen molar-refractivity contribution in [3.05, 3.63) is 60.8 Å². The van der Waals surface area contributed by atoms with Gasteiger partial charge >= 0.3 is 17.9 Å². The molecule has 6 nitrogen and oxygen atoms in total. The SMILES string of the molecule is CC/C=C\C/C=C\C/C=C\C/C=C\C/C=C\CCCCCCCCCC(=O)OCC(COC(=O)CCCCCCCCCC)OC(=O)CCCCCCCCCCCCCCCCCCCCCCCC. The number of carbonyl (C=O) groups is 3. The third-order valence-electron chi connectivity index (χ3n) is 13.5. The van der Waals surface area contributed by atoms with E-state index in [9.17, 15) is 14.4 Å². The molecule has 0 fully saturated rings. The van der Waals surface area contributed by atoms with Gasteiger partial charge in [0.25, 0.3) is 0 Å². The molecule has 0 saturated heterocycles. The van der Waals surface area contributed by atoms with E-state index < -0.39 is 6.10 Å². The normalized spacial score (nSPS) is 12.4. The summed E-state index contributed by atoms with van der Waals surface area (Å²) in [6.45, 7) is 6.53. The summed E-state index contributed by atoms with van der Waals surface area (Å²) in [6, 6.07) is 0.